The Bertz CT molecular complexity index is 471. The normalized spacial score (nSPS) is 11.6. The van der Waals surface area contributed by atoms with Crippen LogP contribution in [0, 0.1) is 0 Å². The fraction of sp³-hybridized carbons (Fsp3) is 0.125. The minimum atomic E-state index is 0. The van der Waals surface area contributed by atoms with Crippen molar-refractivity contribution < 1.29 is 12.4 Å². The van der Waals surface area contributed by atoms with Gasteiger partial charge in [-0.05, 0) is 12.1 Å². The lowest BCUT2D eigenvalue weighted by Gasteiger charge is -1.91. The minimum absolute atomic E-state index is 0. The molecule has 2 N–H and O–H groups in total. The maximum absolute atomic E-state index is 5.23. The molecule has 0 saturated carbocycles. The Morgan fingerprint density at radius 3 is 2.69 bits per heavy atom. The van der Waals surface area contributed by atoms with E-state index in [1.807, 2.05) is 23.7 Å². The third kappa shape index (κ3) is 1.55. The zero-order valence-electron chi connectivity index (χ0n) is 7.07. The Morgan fingerprint density at radius 2 is 2.08 bits per heavy atom. The van der Waals surface area contributed by atoms with Crippen LogP contribution in [0.4, 0.5) is 0 Å². The molecule has 13 heavy (non-hydrogen) atoms. The number of aryl methyl sites for hydroxylation is 1. The number of thiazole rings is 1. The van der Waals surface area contributed by atoms with Crippen LogP contribution in [-0.4, -0.2) is 4.57 Å². The van der Waals surface area contributed by atoms with Gasteiger partial charge in [-0.25, -0.2) is 0 Å². The van der Waals surface area contributed by atoms with Crippen molar-refractivity contribution in [3.8, 4) is 0 Å². The van der Waals surface area contributed by atoms with Crippen molar-refractivity contribution in [1.29, 1.82) is 0 Å². The van der Waals surface area contributed by atoms with Gasteiger partial charge in [0.25, 0.3) is 0 Å². The molecule has 2 rings (SSSR count). The summed E-state index contributed by atoms with van der Waals surface area (Å²) in [6.45, 7) is 0. The van der Waals surface area contributed by atoms with Gasteiger partial charge in [0, 0.05) is 7.05 Å². The van der Waals surface area contributed by atoms with Crippen molar-refractivity contribution in [2.45, 2.75) is 0 Å². The third-order valence-electron chi connectivity index (χ3n) is 1.83. The molecular formula is C8H9ClN3S-. The van der Waals surface area contributed by atoms with Gasteiger partial charge in [0.2, 0.25) is 4.80 Å². The third-order valence-corrected chi connectivity index (χ3v) is 2.95. The Kier molecular flexibility index (Phi) is 2.95. The standard InChI is InChI=1S/C8H9N3S.ClH/c1-11-6-4-2-3-5-7(6)12-8(11)10-9;/h2-5H,9H2,1H3;1H/p-1/b10-8+;. The van der Waals surface area contributed by atoms with Crippen LogP contribution >= 0.6 is 11.3 Å². The summed E-state index contributed by atoms with van der Waals surface area (Å²) >= 11 is 1.60. The Morgan fingerprint density at radius 1 is 1.38 bits per heavy atom. The highest BCUT2D eigenvalue weighted by molar-refractivity contribution is 7.16. The van der Waals surface area contributed by atoms with Gasteiger partial charge in [0.15, 0.2) is 0 Å². The number of benzene rings is 1. The molecule has 0 atom stereocenters. The molecule has 0 aliphatic rings. The van der Waals surface area contributed by atoms with Crippen molar-refractivity contribution in [2.24, 2.45) is 18.0 Å². The van der Waals surface area contributed by atoms with E-state index >= 15 is 0 Å². The molecule has 2 aromatic rings. The summed E-state index contributed by atoms with van der Waals surface area (Å²) in [7, 11) is 1.96. The Balaban J connectivity index is 0.000000845. The molecular weight excluding hydrogens is 206 g/mol. The van der Waals surface area contributed by atoms with Gasteiger partial charge in [-0.2, -0.15) is 5.10 Å². The summed E-state index contributed by atoms with van der Waals surface area (Å²) in [5.41, 5.74) is 1.17. The second kappa shape index (κ2) is 3.81. The van der Waals surface area contributed by atoms with Crippen molar-refractivity contribution in [3.63, 3.8) is 0 Å². The minimum Gasteiger partial charge on any atom is -1.00 e. The maximum Gasteiger partial charge on any atom is 0.208 e. The highest BCUT2D eigenvalue weighted by atomic mass is 35.5. The molecule has 0 bridgehead atoms. The highest BCUT2D eigenvalue weighted by Gasteiger charge is 1.99. The molecule has 1 heterocycles. The van der Waals surface area contributed by atoms with Gasteiger partial charge in [0.1, 0.15) is 0 Å². The van der Waals surface area contributed by atoms with E-state index < -0.39 is 0 Å². The van der Waals surface area contributed by atoms with Crippen molar-refractivity contribution in [1.82, 2.24) is 4.57 Å². The highest BCUT2D eigenvalue weighted by Crippen LogP contribution is 2.14. The van der Waals surface area contributed by atoms with Crippen molar-refractivity contribution >= 4 is 21.6 Å². The first-order valence-corrected chi connectivity index (χ1v) is 4.43. The van der Waals surface area contributed by atoms with Crippen LogP contribution in [0.25, 0.3) is 10.2 Å². The predicted octanol–water partition coefficient (Wildman–Crippen LogP) is -1.98. The molecule has 5 heteroatoms. The molecule has 1 aromatic carbocycles. The largest absolute Gasteiger partial charge is 1.00 e. The van der Waals surface area contributed by atoms with Gasteiger partial charge < -0.3 is 22.8 Å². The lowest BCUT2D eigenvalue weighted by atomic mass is 10.3. The summed E-state index contributed by atoms with van der Waals surface area (Å²) < 4.78 is 3.20. The number of nitrogens with two attached hydrogens (primary N) is 1. The van der Waals surface area contributed by atoms with Crippen LogP contribution in [0.5, 0.6) is 0 Å². The number of aromatic nitrogens is 1. The second-order valence-electron chi connectivity index (χ2n) is 2.54. The number of halogens is 1. The first-order valence-electron chi connectivity index (χ1n) is 3.61. The van der Waals surface area contributed by atoms with E-state index in [9.17, 15) is 0 Å². The first kappa shape index (κ1) is 10.1. The van der Waals surface area contributed by atoms with E-state index in [0.717, 1.165) is 4.80 Å². The van der Waals surface area contributed by atoms with E-state index in [1.165, 1.54) is 10.2 Å². The summed E-state index contributed by atoms with van der Waals surface area (Å²) in [6, 6.07) is 8.14. The summed E-state index contributed by atoms with van der Waals surface area (Å²) in [6.07, 6.45) is 0. The lowest BCUT2D eigenvalue weighted by Crippen LogP contribution is -3.00. The fourth-order valence-electron chi connectivity index (χ4n) is 1.20. The second-order valence-corrected chi connectivity index (χ2v) is 3.55. The van der Waals surface area contributed by atoms with Crippen LogP contribution in [0.3, 0.4) is 0 Å². The Labute approximate surface area is 85.9 Å². The number of fused-ring (bicyclic) bond motifs is 1. The van der Waals surface area contributed by atoms with Crippen LogP contribution in [0.1, 0.15) is 0 Å². The van der Waals surface area contributed by atoms with E-state index in [4.69, 9.17) is 5.84 Å². The van der Waals surface area contributed by atoms with E-state index in [0.29, 0.717) is 0 Å². The number of hydrogen-bond acceptors (Lipinski definition) is 3. The number of hydrogen-bond donors (Lipinski definition) is 1. The van der Waals surface area contributed by atoms with Gasteiger partial charge >= 0.3 is 0 Å². The lowest BCUT2D eigenvalue weighted by molar-refractivity contribution is -0.00000248. The maximum atomic E-state index is 5.23. The molecule has 0 radical (unpaired) electrons. The number of rotatable bonds is 0. The quantitative estimate of drug-likeness (QED) is 0.401. The van der Waals surface area contributed by atoms with E-state index in [2.05, 4.69) is 17.2 Å². The van der Waals surface area contributed by atoms with E-state index in [-0.39, 0.29) is 12.4 Å². The van der Waals surface area contributed by atoms with Crippen LogP contribution < -0.4 is 23.1 Å². The molecule has 0 amide bonds. The first-order chi connectivity index (χ1) is 5.83. The molecule has 0 fully saturated rings. The van der Waals surface area contributed by atoms with Gasteiger partial charge in [-0.1, -0.05) is 23.5 Å². The molecule has 0 unspecified atom stereocenters. The molecule has 0 aliphatic carbocycles. The summed E-state index contributed by atoms with van der Waals surface area (Å²) in [5, 5.41) is 3.69. The van der Waals surface area contributed by atoms with Crippen LogP contribution in [0.15, 0.2) is 29.4 Å². The van der Waals surface area contributed by atoms with E-state index in [1.54, 1.807) is 11.3 Å². The topological polar surface area (TPSA) is 43.3 Å². The van der Waals surface area contributed by atoms with Gasteiger partial charge in [-0.15, -0.1) is 0 Å². The molecule has 70 valence electrons. The smallest absolute Gasteiger partial charge is 0.208 e. The number of nitrogens with zero attached hydrogens (tertiary/aromatic N) is 2. The molecule has 3 nitrogen and oxygen atoms in total. The number of para-hydroxylation sites is 1. The molecule has 1 aromatic heterocycles. The van der Waals surface area contributed by atoms with Crippen molar-refractivity contribution in [3.05, 3.63) is 29.1 Å². The van der Waals surface area contributed by atoms with Gasteiger partial charge in [-0.3, -0.25) is 0 Å². The molecule has 0 aliphatic heterocycles. The zero-order chi connectivity index (χ0) is 8.55. The Hall–Kier alpha value is -1.00. The zero-order valence-corrected chi connectivity index (χ0v) is 8.64. The SMILES string of the molecule is Cn1/c(=N\N)sc2ccccc21.[Cl-]. The van der Waals surface area contributed by atoms with Crippen molar-refractivity contribution in [2.75, 3.05) is 0 Å². The monoisotopic (exact) mass is 214 g/mol. The summed E-state index contributed by atoms with van der Waals surface area (Å²) in [5.74, 6) is 5.23. The van der Waals surface area contributed by atoms with Crippen LogP contribution in [-0.2, 0) is 7.05 Å². The molecule has 0 spiro atoms. The van der Waals surface area contributed by atoms with Crippen LogP contribution in [0.2, 0.25) is 0 Å². The fourth-order valence-corrected chi connectivity index (χ4v) is 2.14. The van der Waals surface area contributed by atoms with Gasteiger partial charge in [0.05, 0.1) is 10.2 Å². The molecule has 0 saturated heterocycles. The summed E-state index contributed by atoms with van der Waals surface area (Å²) in [4.78, 5) is 0.844. The average Bonchev–Trinajstić information content (AvgIpc) is 2.44. The predicted molar refractivity (Wildman–Crippen MR) is 50.5 cm³/mol. The average molecular weight is 215 g/mol.